The van der Waals surface area contributed by atoms with E-state index in [0.29, 0.717) is 4.88 Å². The second-order valence-electron chi connectivity index (χ2n) is 4.48. The molecule has 0 saturated heterocycles. The first kappa shape index (κ1) is 12.4. The van der Waals surface area contributed by atoms with Gasteiger partial charge in [0.15, 0.2) is 0 Å². The molecule has 0 radical (unpaired) electrons. The standard InChI is InChI=1S/C15H14O3S/c16-7-8-18-15(17)13-9-11-6-5-10-3-1-2-4-12(10)14(11)19-13/h1-4,9,16H,5-8H2. The van der Waals surface area contributed by atoms with Crippen molar-refractivity contribution in [3.05, 3.63) is 46.3 Å². The predicted octanol–water partition coefficient (Wildman–Crippen LogP) is 2.66. The van der Waals surface area contributed by atoms with Crippen molar-refractivity contribution in [2.24, 2.45) is 0 Å². The number of benzene rings is 1. The molecule has 1 aliphatic carbocycles. The minimum Gasteiger partial charge on any atom is -0.459 e. The SMILES string of the molecule is O=C(OCCO)c1cc2c(s1)-c1ccccc1CC2. The summed E-state index contributed by atoms with van der Waals surface area (Å²) >= 11 is 1.48. The number of carbonyl (C=O) groups excluding carboxylic acids is 1. The van der Waals surface area contributed by atoms with Gasteiger partial charge in [-0.3, -0.25) is 0 Å². The highest BCUT2D eigenvalue weighted by Gasteiger charge is 2.21. The zero-order chi connectivity index (χ0) is 13.2. The largest absolute Gasteiger partial charge is 0.459 e. The van der Waals surface area contributed by atoms with Crippen LogP contribution in [0.3, 0.4) is 0 Å². The summed E-state index contributed by atoms with van der Waals surface area (Å²) in [6.45, 7) is -0.0857. The number of hydrogen-bond acceptors (Lipinski definition) is 4. The Balaban J connectivity index is 1.94. The summed E-state index contributed by atoms with van der Waals surface area (Å²) in [6.07, 6.45) is 1.99. The van der Waals surface area contributed by atoms with E-state index in [1.807, 2.05) is 18.2 Å². The fourth-order valence-corrected chi connectivity index (χ4v) is 3.55. The van der Waals surface area contributed by atoms with Crippen LogP contribution in [0.5, 0.6) is 0 Å². The lowest BCUT2D eigenvalue weighted by Gasteiger charge is -2.15. The van der Waals surface area contributed by atoms with Gasteiger partial charge in [-0.05, 0) is 35.6 Å². The smallest absolute Gasteiger partial charge is 0.348 e. The van der Waals surface area contributed by atoms with Gasteiger partial charge >= 0.3 is 5.97 Å². The van der Waals surface area contributed by atoms with Crippen LogP contribution in [0.4, 0.5) is 0 Å². The molecule has 1 heterocycles. The highest BCUT2D eigenvalue weighted by molar-refractivity contribution is 7.17. The van der Waals surface area contributed by atoms with E-state index in [2.05, 4.69) is 12.1 Å². The second kappa shape index (κ2) is 5.15. The lowest BCUT2D eigenvalue weighted by molar-refractivity contribution is 0.0439. The summed E-state index contributed by atoms with van der Waals surface area (Å²) in [6, 6.07) is 10.2. The van der Waals surface area contributed by atoms with Crippen LogP contribution in [0.1, 0.15) is 20.8 Å². The van der Waals surface area contributed by atoms with Crippen LogP contribution in [-0.2, 0) is 17.6 Å². The molecule has 2 aromatic rings. The van der Waals surface area contributed by atoms with Crippen molar-refractivity contribution in [1.82, 2.24) is 0 Å². The molecule has 0 amide bonds. The van der Waals surface area contributed by atoms with E-state index < -0.39 is 0 Å². The fraction of sp³-hybridized carbons (Fsp3) is 0.267. The van der Waals surface area contributed by atoms with Crippen molar-refractivity contribution < 1.29 is 14.6 Å². The maximum absolute atomic E-state index is 11.8. The van der Waals surface area contributed by atoms with Crippen molar-refractivity contribution in [3.63, 3.8) is 0 Å². The summed E-state index contributed by atoms with van der Waals surface area (Å²) in [7, 11) is 0. The Morgan fingerprint density at radius 1 is 1.26 bits per heavy atom. The van der Waals surface area contributed by atoms with Crippen molar-refractivity contribution in [1.29, 1.82) is 0 Å². The van der Waals surface area contributed by atoms with Crippen LogP contribution in [-0.4, -0.2) is 24.3 Å². The van der Waals surface area contributed by atoms with E-state index in [-0.39, 0.29) is 19.2 Å². The molecular weight excluding hydrogens is 260 g/mol. The summed E-state index contributed by atoms with van der Waals surface area (Å²) in [4.78, 5) is 13.6. The average molecular weight is 274 g/mol. The fourth-order valence-electron chi connectivity index (χ4n) is 2.38. The Morgan fingerprint density at radius 3 is 2.89 bits per heavy atom. The maximum atomic E-state index is 11.8. The first-order valence-electron chi connectivity index (χ1n) is 6.28. The molecule has 3 rings (SSSR count). The third-order valence-electron chi connectivity index (χ3n) is 3.26. The first-order valence-corrected chi connectivity index (χ1v) is 7.10. The van der Waals surface area contributed by atoms with E-state index in [1.165, 1.54) is 32.9 Å². The molecule has 0 unspecified atom stereocenters. The molecule has 1 N–H and O–H groups in total. The van der Waals surface area contributed by atoms with Crippen molar-refractivity contribution in [2.45, 2.75) is 12.8 Å². The molecule has 0 bridgehead atoms. The molecule has 1 aromatic heterocycles. The van der Waals surface area contributed by atoms with Gasteiger partial charge in [0.1, 0.15) is 11.5 Å². The van der Waals surface area contributed by atoms with Crippen LogP contribution in [0, 0.1) is 0 Å². The van der Waals surface area contributed by atoms with Crippen LogP contribution in [0.15, 0.2) is 30.3 Å². The lowest BCUT2D eigenvalue weighted by Crippen LogP contribution is -2.07. The molecule has 0 fully saturated rings. The Morgan fingerprint density at radius 2 is 2.05 bits per heavy atom. The lowest BCUT2D eigenvalue weighted by atomic mass is 9.91. The normalized spacial score (nSPS) is 12.7. The van der Waals surface area contributed by atoms with Crippen LogP contribution in [0.25, 0.3) is 10.4 Å². The third-order valence-corrected chi connectivity index (χ3v) is 4.45. The highest BCUT2D eigenvalue weighted by Crippen LogP contribution is 2.39. The third kappa shape index (κ3) is 2.29. The van der Waals surface area contributed by atoms with Crippen molar-refractivity contribution in [3.8, 4) is 10.4 Å². The molecule has 0 saturated carbocycles. The van der Waals surface area contributed by atoms with Gasteiger partial charge in [-0.1, -0.05) is 24.3 Å². The number of hydrogen-bond donors (Lipinski definition) is 1. The quantitative estimate of drug-likeness (QED) is 0.875. The summed E-state index contributed by atoms with van der Waals surface area (Å²) in [5.74, 6) is -0.342. The Bertz CT molecular complexity index is 616. The van der Waals surface area contributed by atoms with Crippen LogP contribution < -0.4 is 0 Å². The van der Waals surface area contributed by atoms with Gasteiger partial charge in [-0.25, -0.2) is 4.79 Å². The molecule has 98 valence electrons. The number of aliphatic hydroxyl groups is 1. The minimum absolute atomic E-state index is 0.0536. The number of thiophene rings is 1. The Labute approximate surface area is 115 Å². The zero-order valence-corrected chi connectivity index (χ0v) is 11.2. The Kier molecular flexibility index (Phi) is 3.36. The zero-order valence-electron chi connectivity index (χ0n) is 10.4. The monoisotopic (exact) mass is 274 g/mol. The number of aliphatic hydroxyl groups excluding tert-OH is 1. The molecule has 19 heavy (non-hydrogen) atoms. The second-order valence-corrected chi connectivity index (χ2v) is 5.53. The number of carbonyl (C=O) groups is 1. The number of ether oxygens (including phenoxy) is 1. The first-order chi connectivity index (χ1) is 9.29. The van der Waals surface area contributed by atoms with Crippen molar-refractivity contribution in [2.75, 3.05) is 13.2 Å². The van der Waals surface area contributed by atoms with E-state index >= 15 is 0 Å². The van der Waals surface area contributed by atoms with Crippen molar-refractivity contribution >= 4 is 17.3 Å². The van der Waals surface area contributed by atoms with E-state index in [1.54, 1.807) is 0 Å². The molecule has 3 nitrogen and oxygen atoms in total. The molecule has 1 aliphatic rings. The van der Waals surface area contributed by atoms with Gasteiger partial charge in [0.2, 0.25) is 0 Å². The summed E-state index contributed by atoms with van der Waals surface area (Å²) in [5, 5.41) is 8.68. The van der Waals surface area contributed by atoms with E-state index in [0.717, 1.165) is 12.8 Å². The van der Waals surface area contributed by atoms with E-state index in [4.69, 9.17) is 9.84 Å². The minimum atomic E-state index is -0.342. The number of esters is 1. The van der Waals surface area contributed by atoms with Gasteiger partial charge in [0.25, 0.3) is 0 Å². The van der Waals surface area contributed by atoms with Gasteiger partial charge in [-0.15, -0.1) is 11.3 Å². The summed E-state index contributed by atoms with van der Waals surface area (Å²) < 4.78 is 4.96. The Hall–Kier alpha value is -1.65. The molecule has 0 aliphatic heterocycles. The van der Waals surface area contributed by atoms with E-state index in [9.17, 15) is 4.79 Å². The number of fused-ring (bicyclic) bond motifs is 3. The number of rotatable bonds is 3. The van der Waals surface area contributed by atoms with Gasteiger partial charge in [0.05, 0.1) is 6.61 Å². The highest BCUT2D eigenvalue weighted by atomic mass is 32.1. The van der Waals surface area contributed by atoms with Gasteiger partial charge in [0, 0.05) is 4.88 Å². The van der Waals surface area contributed by atoms with Gasteiger partial charge in [-0.2, -0.15) is 0 Å². The predicted molar refractivity (Wildman–Crippen MR) is 74.5 cm³/mol. The summed E-state index contributed by atoms with van der Waals surface area (Å²) in [5.41, 5.74) is 3.79. The molecule has 0 spiro atoms. The average Bonchev–Trinajstić information content (AvgIpc) is 2.89. The molecular formula is C15H14O3S. The number of aryl methyl sites for hydroxylation is 2. The topological polar surface area (TPSA) is 46.5 Å². The van der Waals surface area contributed by atoms with Crippen LogP contribution in [0.2, 0.25) is 0 Å². The molecule has 4 heteroatoms. The molecule has 0 atom stereocenters. The molecule has 1 aromatic carbocycles. The van der Waals surface area contributed by atoms with Gasteiger partial charge < -0.3 is 9.84 Å². The van der Waals surface area contributed by atoms with Crippen LogP contribution >= 0.6 is 11.3 Å². The maximum Gasteiger partial charge on any atom is 0.348 e.